The van der Waals surface area contributed by atoms with E-state index < -0.39 is 0 Å². The van der Waals surface area contributed by atoms with Crippen LogP contribution in [0.2, 0.25) is 0 Å². The number of hydrogen-bond donors (Lipinski definition) is 1. The van der Waals surface area contributed by atoms with Crippen LogP contribution in [0.25, 0.3) is 11.4 Å². The fraction of sp³-hybridized carbons (Fsp3) is 0.429. The van der Waals surface area contributed by atoms with Gasteiger partial charge in [0.2, 0.25) is 0 Å². The minimum absolute atomic E-state index is 0.271. The van der Waals surface area contributed by atoms with E-state index in [4.69, 9.17) is 0 Å². The van der Waals surface area contributed by atoms with Gasteiger partial charge in [0, 0.05) is 11.5 Å². The summed E-state index contributed by atoms with van der Waals surface area (Å²) in [6.07, 6.45) is 6.22. The molecular weight excluding hydrogens is 309 g/mol. The zero-order valence-electron chi connectivity index (χ0n) is 10.5. The van der Waals surface area contributed by atoms with Crippen LogP contribution in [-0.4, -0.2) is 15.2 Å². The number of nitrogens with zero attached hydrogens (tertiary/aromatic N) is 2. The standard InChI is InChI=1S/C14H15BrFN3/c15-11-8-10(6-7-12(11)16)14-17-13(18-19-14)9-4-2-1-3-5-9/h6-9H,1-5H2,(H,17,18,19). The van der Waals surface area contributed by atoms with Crippen LogP contribution in [-0.2, 0) is 0 Å². The number of hydrogen-bond acceptors (Lipinski definition) is 2. The molecule has 0 bridgehead atoms. The van der Waals surface area contributed by atoms with Gasteiger partial charge in [-0.2, -0.15) is 5.10 Å². The van der Waals surface area contributed by atoms with E-state index in [2.05, 4.69) is 31.1 Å². The van der Waals surface area contributed by atoms with E-state index >= 15 is 0 Å². The Bertz CT molecular complexity index is 576. The van der Waals surface area contributed by atoms with E-state index in [9.17, 15) is 4.39 Å². The summed E-state index contributed by atoms with van der Waals surface area (Å²) in [5.41, 5.74) is 0.826. The lowest BCUT2D eigenvalue weighted by atomic mass is 9.89. The maximum atomic E-state index is 13.2. The van der Waals surface area contributed by atoms with Crippen LogP contribution in [0.3, 0.4) is 0 Å². The Kier molecular flexibility index (Phi) is 3.64. The summed E-state index contributed by atoms with van der Waals surface area (Å²) in [6, 6.07) is 4.84. The Labute approximate surface area is 119 Å². The molecule has 1 aliphatic carbocycles. The van der Waals surface area contributed by atoms with Crippen molar-refractivity contribution in [1.82, 2.24) is 15.2 Å². The second-order valence-electron chi connectivity index (χ2n) is 5.01. The van der Waals surface area contributed by atoms with Crippen molar-refractivity contribution in [3.8, 4) is 11.4 Å². The maximum Gasteiger partial charge on any atom is 0.181 e. The van der Waals surface area contributed by atoms with Gasteiger partial charge in [-0.1, -0.05) is 19.3 Å². The zero-order chi connectivity index (χ0) is 13.2. The first-order chi connectivity index (χ1) is 9.24. The lowest BCUT2D eigenvalue weighted by Crippen LogP contribution is -2.06. The predicted octanol–water partition coefficient (Wildman–Crippen LogP) is 4.42. The van der Waals surface area contributed by atoms with Crippen molar-refractivity contribution in [2.24, 2.45) is 0 Å². The van der Waals surface area contributed by atoms with Gasteiger partial charge in [0.25, 0.3) is 0 Å². The molecule has 1 saturated carbocycles. The Morgan fingerprint density at radius 2 is 2.00 bits per heavy atom. The number of aromatic nitrogens is 3. The molecule has 1 heterocycles. The molecule has 0 unspecified atom stereocenters. The third-order valence-electron chi connectivity index (χ3n) is 3.67. The summed E-state index contributed by atoms with van der Waals surface area (Å²) >= 11 is 3.19. The Morgan fingerprint density at radius 3 is 2.74 bits per heavy atom. The van der Waals surface area contributed by atoms with E-state index in [0.29, 0.717) is 16.2 Å². The van der Waals surface area contributed by atoms with Crippen molar-refractivity contribution in [2.75, 3.05) is 0 Å². The van der Waals surface area contributed by atoms with E-state index in [1.54, 1.807) is 12.1 Å². The topological polar surface area (TPSA) is 41.6 Å². The highest BCUT2D eigenvalue weighted by Gasteiger charge is 2.19. The zero-order valence-corrected chi connectivity index (χ0v) is 12.1. The largest absolute Gasteiger partial charge is 0.262 e. The molecule has 1 aromatic carbocycles. The van der Waals surface area contributed by atoms with Gasteiger partial charge in [-0.3, -0.25) is 5.10 Å². The number of benzene rings is 1. The summed E-state index contributed by atoms with van der Waals surface area (Å²) in [5, 5.41) is 7.29. The van der Waals surface area contributed by atoms with E-state index in [0.717, 1.165) is 11.4 Å². The van der Waals surface area contributed by atoms with Crippen LogP contribution in [0.1, 0.15) is 43.8 Å². The average Bonchev–Trinajstić information content (AvgIpc) is 2.93. The molecule has 3 nitrogen and oxygen atoms in total. The summed E-state index contributed by atoms with van der Waals surface area (Å²) in [6.45, 7) is 0. The molecule has 1 fully saturated rings. The Morgan fingerprint density at radius 1 is 1.21 bits per heavy atom. The molecule has 0 amide bonds. The fourth-order valence-electron chi connectivity index (χ4n) is 2.60. The van der Waals surface area contributed by atoms with Gasteiger partial charge in [-0.15, -0.1) is 0 Å². The van der Waals surface area contributed by atoms with Crippen molar-refractivity contribution in [2.45, 2.75) is 38.0 Å². The quantitative estimate of drug-likeness (QED) is 0.888. The third-order valence-corrected chi connectivity index (χ3v) is 4.28. The smallest absolute Gasteiger partial charge is 0.181 e. The SMILES string of the molecule is Fc1ccc(-c2n[nH]c(C3CCCCC3)n2)cc1Br. The summed E-state index contributed by atoms with van der Waals surface area (Å²) < 4.78 is 13.7. The van der Waals surface area contributed by atoms with Gasteiger partial charge in [0.05, 0.1) is 4.47 Å². The number of halogens is 2. The van der Waals surface area contributed by atoms with Crippen LogP contribution in [0, 0.1) is 5.82 Å². The number of nitrogens with one attached hydrogen (secondary N) is 1. The van der Waals surface area contributed by atoms with Gasteiger partial charge in [-0.05, 0) is 47.0 Å². The van der Waals surface area contributed by atoms with Crippen LogP contribution in [0.5, 0.6) is 0 Å². The normalized spacial score (nSPS) is 16.7. The first kappa shape index (κ1) is 12.8. The fourth-order valence-corrected chi connectivity index (χ4v) is 2.98. The second kappa shape index (κ2) is 5.41. The van der Waals surface area contributed by atoms with E-state index in [-0.39, 0.29) is 5.82 Å². The van der Waals surface area contributed by atoms with Gasteiger partial charge in [0.15, 0.2) is 5.82 Å². The molecule has 100 valence electrons. The van der Waals surface area contributed by atoms with Crippen LogP contribution in [0.15, 0.2) is 22.7 Å². The van der Waals surface area contributed by atoms with Gasteiger partial charge in [-0.25, -0.2) is 9.37 Å². The molecule has 0 radical (unpaired) electrons. The molecule has 3 rings (SSSR count). The lowest BCUT2D eigenvalue weighted by molar-refractivity contribution is 0.429. The average molecular weight is 324 g/mol. The minimum Gasteiger partial charge on any atom is -0.262 e. The van der Waals surface area contributed by atoms with E-state index in [1.165, 1.54) is 38.2 Å². The van der Waals surface area contributed by atoms with Crippen LogP contribution in [0.4, 0.5) is 4.39 Å². The molecule has 19 heavy (non-hydrogen) atoms. The molecule has 1 aromatic heterocycles. The lowest BCUT2D eigenvalue weighted by Gasteiger charge is -2.18. The van der Waals surface area contributed by atoms with Gasteiger partial charge < -0.3 is 0 Å². The van der Waals surface area contributed by atoms with Crippen molar-refractivity contribution in [1.29, 1.82) is 0 Å². The first-order valence-corrected chi connectivity index (χ1v) is 7.41. The molecule has 0 spiro atoms. The monoisotopic (exact) mass is 323 g/mol. The Hall–Kier alpha value is -1.23. The number of H-pyrrole nitrogens is 1. The van der Waals surface area contributed by atoms with Gasteiger partial charge in [0.1, 0.15) is 11.6 Å². The second-order valence-corrected chi connectivity index (χ2v) is 5.86. The summed E-state index contributed by atoms with van der Waals surface area (Å²) in [4.78, 5) is 4.56. The molecule has 1 N–H and O–H groups in total. The van der Waals surface area contributed by atoms with Crippen molar-refractivity contribution >= 4 is 15.9 Å². The highest BCUT2D eigenvalue weighted by molar-refractivity contribution is 9.10. The number of aromatic amines is 1. The maximum absolute atomic E-state index is 13.2. The molecule has 5 heteroatoms. The molecular formula is C14H15BrFN3. The van der Waals surface area contributed by atoms with Crippen molar-refractivity contribution in [3.05, 3.63) is 34.3 Å². The third kappa shape index (κ3) is 2.71. The summed E-state index contributed by atoms with van der Waals surface area (Å²) in [5.74, 6) is 1.84. The first-order valence-electron chi connectivity index (χ1n) is 6.62. The number of rotatable bonds is 2. The van der Waals surface area contributed by atoms with Crippen LogP contribution < -0.4 is 0 Å². The van der Waals surface area contributed by atoms with Gasteiger partial charge >= 0.3 is 0 Å². The minimum atomic E-state index is -0.271. The highest BCUT2D eigenvalue weighted by Crippen LogP contribution is 2.31. The Balaban J connectivity index is 1.85. The summed E-state index contributed by atoms with van der Waals surface area (Å²) in [7, 11) is 0. The molecule has 2 aromatic rings. The molecule has 0 atom stereocenters. The highest BCUT2D eigenvalue weighted by atomic mass is 79.9. The molecule has 0 aliphatic heterocycles. The van der Waals surface area contributed by atoms with E-state index in [1.807, 2.05) is 0 Å². The molecule has 0 saturated heterocycles. The predicted molar refractivity (Wildman–Crippen MR) is 75.3 cm³/mol. The van der Waals surface area contributed by atoms with Crippen molar-refractivity contribution < 1.29 is 4.39 Å². The van der Waals surface area contributed by atoms with Crippen molar-refractivity contribution in [3.63, 3.8) is 0 Å². The molecule has 1 aliphatic rings. The van der Waals surface area contributed by atoms with Crippen LogP contribution >= 0.6 is 15.9 Å².